The van der Waals surface area contributed by atoms with Crippen LogP contribution in [0.25, 0.3) is 11.1 Å². The number of carbonyl (C=O) groups is 3. The summed E-state index contributed by atoms with van der Waals surface area (Å²) >= 11 is 0. The van der Waals surface area contributed by atoms with Crippen molar-refractivity contribution in [3.8, 4) is 11.1 Å². The molecule has 11 nitrogen and oxygen atoms in total. The minimum absolute atomic E-state index is 0.0293. The molecule has 3 aromatic rings. The maximum atomic E-state index is 12.8. The van der Waals surface area contributed by atoms with E-state index in [0.29, 0.717) is 6.42 Å². The van der Waals surface area contributed by atoms with Crippen LogP contribution in [0.4, 0.5) is 9.59 Å². The molecule has 1 fully saturated rings. The Morgan fingerprint density at radius 3 is 2.25 bits per heavy atom. The molecule has 0 aliphatic heterocycles. The monoisotopic (exact) mass is 548 g/mol. The van der Waals surface area contributed by atoms with Gasteiger partial charge in [0.15, 0.2) is 0 Å². The Kier molecular flexibility index (Phi) is 7.46. The molecule has 1 aromatic heterocycles. The molecular formula is C29H32N4O7. The zero-order valence-corrected chi connectivity index (χ0v) is 22.5. The molecular weight excluding hydrogens is 516 g/mol. The molecule has 5 rings (SSSR count). The summed E-state index contributed by atoms with van der Waals surface area (Å²) < 4.78 is 16.5. The molecule has 2 amide bonds. The molecule has 0 unspecified atom stereocenters. The number of carboxylic acid groups (broad SMARTS) is 1. The van der Waals surface area contributed by atoms with E-state index in [4.69, 9.17) is 13.9 Å². The van der Waals surface area contributed by atoms with Crippen molar-refractivity contribution in [1.82, 2.24) is 20.8 Å². The highest BCUT2D eigenvalue weighted by molar-refractivity contribution is 5.79. The number of aromatic nitrogens is 2. The number of nitrogens with one attached hydrogen (secondary N) is 2. The smallest absolute Gasteiger partial charge is 0.408 e. The number of amides is 2. The largest absolute Gasteiger partial charge is 0.481 e. The van der Waals surface area contributed by atoms with E-state index in [2.05, 4.69) is 33.0 Å². The zero-order chi connectivity index (χ0) is 28.4. The van der Waals surface area contributed by atoms with Gasteiger partial charge in [-0.3, -0.25) is 4.79 Å². The van der Waals surface area contributed by atoms with E-state index < -0.39 is 35.7 Å². The van der Waals surface area contributed by atoms with Crippen LogP contribution in [0.3, 0.4) is 0 Å². The summed E-state index contributed by atoms with van der Waals surface area (Å²) in [6, 6.07) is 15.4. The second-order valence-electron chi connectivity index (χ2n) is 11.1. The van der Waals surface area contributed by atoms with Crippen molar-refractivity contribution in [2.45, 2.75) is 63.6 Å². The van der Waals surface area contributed by atoms with Gasteiger partial charge in [0.05, 0.1) is 12.5 Å². The molecule has 0 radical (unpaired) electrons. The highest BCUT2D eigenvalue weighted by atomic mass is 16.6. The molecule has 2 aliphatic carbocycles. The summed E-state index contributed by atoms with van der Waals surface area (Å²) in [5, 5.41) is 23.1. The number of rotatable bonds is 7. The number of hydrogen-bond donors (Lipinski definition) is 3. The van der Waals surface area contributed by atoms with E-state index in [9.17, 15) is 19.5 Å². The van der Waals surface area contributed by atoms with Crippen LogP contribution in [0, 0.1) is 5.92 Å². The Labute approximate surface area is 231 Å². The highest BCUT2D eigenvalue weighted by Gasteiger charge is 2.43. The minimum atomic E-state index is -1.03. The topological polar surface area (TPSA) is 153 Å². The normalized spacial score (nSPS) is 19.9. The van der Waals surface area contributed by atoms with Gasteiger partial charge in [-0.2, -0.15) is 0 Å². The number of alkyl carbamates (subject to hydrolysis) is 2. The quantitative estimate of drug-likeness (QED) is 0.385. The molecule has 1 saturated carbocycles. The van der Waals surface area contributed by atoms with Gasteiger partial charge in [0.1, 0.15) is 12.2 Å². The van der Waals surface area contributed by atoms with Gasteiger partial charge in [0.2, 0.25) is 11.8 Å². The first-order chi connectivity index (χ1) is 19.1. The van der Waals surface area contributed by atoms with Crippen molar-refractivity contribution in [2.75, 3.05) is 6.61 Å². The van der Waals surface area contributed by atoms with Crippen LogP contribution in [-0.2, 0) is 20.8 Å². The fraction of sp³-hybridized carbons (Fsp3) is 0.414. The first-order valence-corrected chi connectivity index (χ1v) is 13.2. The molecule has 1 heterocycles. The Bertz CT molecular complexity index is 1370. The fourth-order valence-electron chi connectivity index (χ4n) is 5.43. The van der Waals surface area contributed by atoms with Crippen LogP contribution in [0.2, 0.25) is 0 Å². The first-order valence-electron chi connectivity index (χ1n) is 13.2. The van der Waals surface area contributed by atoms with Gasteiger partial charge in [-0.1, -0.05) is 48.5 Å². The summed E-state index contributed by atoms with van der Waals surface area (Å²) in [5.74, 6) is -1.93. The van der Waals surface area contributed by atoms with Crippen LogP contribution in [0.15, 0.2) is 52.9 Å². The van der Waals surface area contributed by atoms with Gasteiger partial charge in [0.25, 0.3) is 0 Å². The fourth-order valence-corrected chi connectivity index (χ4v) is 5.43. The van der Waals surface area contributed by atoms with E-state index in [0.717, 1.165) is 22.3 Å². The van der Waals surface area contributed by atoms with E-state index >= 15 is 0 Å². The van der Waals surface area contributed by atoms with Crippen LogP contribution < -0.4 is 10.6 Å². The SMILES string of the molecule is CC(C)(C)OC(=O)NCc1nnc([C@H]2C[C@H](NC(=O)OCC3c4ccccc4-c4ccccc43)[C@H](C(=O)O)C2)o1. The standard InChI is InChI=1S/C29H32N4O7/c1-29(2,3)40-27(36)30-14-24-32-33-25(39-24)16-12-21(26(34)35)23(13-16)31-28(37)38-15-22-19-10-6-4-8-17(19)18-9-5-7-11-20(18)22/h4-11,16,21-23H,12-15H2,1-3H3,(H,30,36)(H,31,37)(H,34,35)/t16-,21-,23+/m1/s1. The van der Waals surface area contributed by atoms with Gasteiger partial charge in [-0.25, -0.2) is 9.59 Å². The molecule has 3 atom stereocenters. The Balaban J connectivity index is 1.18. The van der Waals surface area contributed by atoms with Crippen LogP contribution in [0.1, 0.15) is 68.4 Å². The minimum Gasteiger partial charge on any atom is -0.481 e. The molecule has 11 heteroatoms. The summed E-state index contributed by atoms with van der Waals surface area (Å²) in [4.78, 5) is 36.7. The Morgan fingerprint density at radius 1 is 0.975 bits per heavy atom. The van der Waals surface area contributed by atoms with E-state index in [-0.39, 0.29) is 43.2 Å². The van der Waals surface area contributed by atoms with Crippen molar-refractivity contribution in [1.29, 1.82) is 0 Å². The van der Waals surface area contributed by atoms with Crippen molar-refractivity contribution in [3.05, 3.63) is 71.4 Å². The summed E-state index contributed by atoms with van der Waals surface area (Å²) in [6.07, 6.45) is -0.787. The third-order valence-corrected chi connectivity index (χ3v) is 7.14. The van der Waals surface area contributed by atoms with Gasteiger partial charge >= 0.3 is 18.2 Å². The van der Waals surface area contributed by atoms with Crippen molar-refractivity contribution in [3.63, 3.8) is 0 Å². The van der Waals surface area contributed by atoms with Crippen molar-refractivity contribution in [2.24, 2.45) is 5.92 Å². The van der Waals surface area contributed by atoms with Gasteiger partial charge in [0, 0.05) is 17.9 Å². The van der Waals surface area contributed by atoms with Gasteiger partial charge < -0.3 is 29.6 Å². The molecule has 40 heavy (non-hydrogen) atoms. The maximum absolute atomic E-state index is 12.8. The molecule has 2 aliphatic rings. The number of carbonyl (C=O) groups excluding carboxylic acids is 2. The van der Waals surface area contributed by atoms with Crippen LogP contribution >= 0.6 is 0 Å². The number of hydrogen-bond acceptors (Lipinski definition) is 8. The van der Waals surface area contributed by atoms with Crippen molar-refractivity contribution >= 4 is 18.2 Å². The lowest BCUT2D eigenvalue weighted by molar-refractivity contribution is -0.142. The van der Waals surface area contributed by atoms with Crippen LogP contribution in [0.5, 0.6) is 0 Å². The van der Waals surface area contributed by atoms with Crippen LogP contribution in [-0.4, -0.2) is 51.7 Å². The third-order valence-electron chi connectivity index (χ3n) is 7.14. The maximum Gasteiger partial charge on any atom is 0.408 e. The highest BCUT2D eigenvalue weighted by Crippen LogP contribution is 2.44. The van der Waals surface area contributed by atoms with Gasteiger partial charge in [-0.15, -0.1) is 10.2 Å². The molecule has 0 bridgehead atoms. The number of aliphatic carboxylic acids is 1. The van der Waals surface area contributed by atoms with E-state index in [1.165, 1.54) is 0 Å². The molecule has 2 aromatic carbocycles. The number of fused-ring (bicyclic) bond motifs is 3. The predicted molar refractivity (Wildman–Crippen MR) is 142 cm³/mol. The average molecular weight is 549 g/mol. The molecule has 0 spiro atoms. The lowest BCUT2D eigenvalue weighted by atomic mass is 9.98. The molecule has 210 valence electrons. The third kappa shape index (κ3) is 5.93. The molecule has 0 saturated heterocycles. The van der Waals surface area contributed by atoms with Gasteiger partial charge in [-0.05, 0) is 55.9 Å². The van der Waals surface area contributed by atoms with E-state index in [1.807, 2.05) is 36.4 Å². The Hall–Kier alpha value is -4.41. The number of carboxylic acids is 1. The summed E-state index contributed by atoms with van der Waals surface area (Å²) in [6.45, 7) is 5.36. The van der Waals surface area contributed by atoms with E-state index in [1.54, 1.807) is 20.8 Å². The molecule has 3 N–H and O–H groups in total. The summed E-state index contributed by atoms with van der Waals surface area (Å²) in [5.41, 5.74) is 3.78. The summed E-state index contributed by atoms with van der Waals surface area (Å²) in [7, 11) is 0. The lowest BCUT2D eigenvalue weighted by Crippen LogP contribution is -2.40. The predicted octanol–water partition coefficient (Wildman–Crippen LogP) is 4.58. The lowest BCUT2D eigenvalue weighted by Gasteiger charge is -2.19. The second-order valence-corrected chi connectivity index (χ2v) is 11.1. The number of benzene rings is 2. The zero-order valence-electron chi connectivity index (χ0n) is 22.5. The first kappa shape index (κ1) is 27.2. The number of nitrogens with zero attached hydrogens (tertiary/aromatic N) is 2. The Morgan fingerprint density at radius 2 is 1.62 bits per heavy atom. The number of ether oxygens (including phenoxy) is 2. The second kappa shape index (κ2) is 11.0. The van der Waals surface area contributed by atoms with Crippen molar-refractivity contribution < 1.29 is 33.4 Å². The average Bonchev–Trinajstić information content (AvgIpc) is 3.61.